The number of rotatable bonds is 3. The van der Waals surface area contributed by atoms with Gasteiger partial charge in [0, 0.05) is 24.5 Å². The van der Waals surface area contributed by atoms with Crippen molar-refractivity contribution in [2.45, 2.75) is 25.8 Å². The SMILES string of the molecule is Cc1cc(=O)oc2c(CN3CCC(c4ccccc4)C3)c(O)ccc12. The van der Waals surface area contributed by atoms with E-state index in [2.05, 4.69) is 29.2 Å². The van der Waals surface area contributed by atoms with Crippen molar-refractivity contribution in [3.05, 3.63) is 75.6 Å². The molecule has 1 saturated heterocycles. The van der Waals surface area contributed by atoms with E-state index in [0.717, 1.165) is 30.5 Å². The van der Waals surface area contributed by atoms with Gasteiger partial charge in [0.05, 0.1) is 5.56 Å². The topological polar surface area (TPSA) is 53.7 Å². The molecule has 0 spiro atoms. The number of phenols is 1. The molecule has 2 aromatic carbocycles. The zero-order valence-electron chi connectivity index (χ0n) is 14.2. The quantitative estimate of drug-likeness (QED) is 0.740. The first kappa shape index (κ1) is 15.9. The van der Waals surface area contributed by atoms with Crippen LogP contribution in [0.3, 0.4) is 0 Å². The number of benzene rings is 2. The summed E-state index contributed by atoms with van der Waals surface area (Å²) in [6.07, 6.45) is 1.10. The first-order valence-corrected chi connectivity index (χ1v) is 8.64. The molecule has 1 unspecified atom stereocenters. The number of fused-ring (bicyclic) bond motifs is 1. The molecule has 1 atom stereocenters. The van der Waals surface area contributed by atoms with Crippen molar-refractivity contribution in [3.63, 3.8) is 0 Å². The first-order chi connectivity index (χ1) is 12.1. The van der Waals surface area contributed by atoms with Gasteiger partial charge in [-0.25, -0.2) is 4.79 Å². The van der Waals surface area contributed by atoms with Gasteiger partial charge in [0.1, 0.15) is 11.3 Å². The fraction of sp³-hybridized carbons (Fsp3) is 0.286. The highest BCUT2D eigenvalue weighted by atomic mass is 16.4. The largest absolute Gasteiger partial charge is 0.507 e. The van der Waals surface area contributed by atoms with Crippen molar-refractivity contribution < 1.29 is 9.52 Å². The van der Waals surface area contributed by atoms with Gasteiger partial charge in [-0.3, -0.25) is 4.90 Å². The minimum Gasteiger partial charge on any atom is -0.507 e. The fourth-order valence-corrected chi connectivity index (χ4v) is 3.78. The molecule has 0 radical (unpaired) electrons. The second-order valence-electron chi connectivity index (χ2n) is 6.82. The monoisotopic (exact) mass is 335 g/mol. The van der Waals surface area contributed by atoms with Crippen LogP contribution in [0.5, 0.6) is 5.75 Å². The minimum absolute atomic E-state index is 0.185. The molecule has 2 heterocycles. The third kappa shape index (κ3) is 3.05. The number of aromatic hydroxyl groups is 1. The molecule has 1 N–H and O–H groups in total. The molecule has 1 aliphatic rings. The van der Waals surface area contributed by atoms with Crippen molar-refractivity contribution in [2.75, 3.05) is 13.1 Å². The van der Waals surface area contributed by atoms with Crippen LogP contribution in [0.15, 0.2) is 57.7 Å². The molecular weight excluding hydrogens is 314 g/mol. The molecule has 4 heteroatoms. The number of hydrogen-bond donors (Lipinski definition) is 1. The van der Waals surface area contributed by atoms with E-state index in [1.807, 2.05) is 19.1 Å². The van der Waals surface area contributed by atoms with Gasteiger partial charge in [-0.15, -0.1) is 0 Å². The highest BCUT2D eigenvalue weighted by Gasteiger charge is 2.25. The van der Waals surface area contributed by atoms with Crippen molar-refractivity contribution >= 4 is 11.0 Å². The maximum atomic E-state index is 11.8. The number of aryl methyl sites for hydroxylation is 1. The molecular formula is C21H21NO3. The Morgan fingerprint density at radius 2 is 2.00 bits per heavy atom. The Kier molecular flexibility index (Phi) is 4.06. The van der Waals surface area contributed by atoms with Crippen LogP contribution in [-0.4, -0.2) is 23.1 Å². The second-order valence-corrected chi connectivity index (χ2v) is 6.82. The first-order valence-electron chi connectivity index (χ1n) is 8.64. The standard InChI is InChI=1S/C21H21NO3/c1-14-11-20(24)25-21-17(14)7-8-19(23)18(21)13-22-10-9-16(12-22)15-5-3-2-4-6-15/h2-8,11,16,23H,9-10,12-13H2,1H3. The summed E-state index contributed by atoms with van der Waals surface area (Å²) in [6.45, 7) is 4.38. The van der Waals surface area contributed by atoms with Crippen LogP contribution in [0.1, 0.15) is 29.0 Å². The lowest BCUT2D eigenvalue weighted by molar-refractivity contribution is 0.319. The minimum atomic E-state index is -0.375. The summed E-state index contributed by atoms with van der Waals surface area (Å²) in [5, 5.41) is 11.2. The summed E-state index contributed by atoms with van der Waals surface area (Å²) in [6, 6.07) is 15.5. The molecule has 0 aliphatic carbocycles. The third-order valence-electron chi connectivity index (χ3n) is 5.12. The normalized spacial score (nSPS) is 18.0. The second kappa shape index (κ2) is 6.37. The lowest BCUT2D eigenvalue weighted by Gasteiger charge is -2.18. The third-order valence-corrected chi connectivity index (χ3v) is 5.12. The van der Waals surface area contributed by atoms with Crippen LogP contribution in [-0.2, 0) is 6.54 Å². The van der Waals surface area contributed by atoms with Gasteiger partial charge in [0.25, 0.3) is 0 Å². The van der Waals surface area contributed by atoms with Crippen molar-refractivity contribution in [1.29, 1.82) is 0 Å². The van der Waals surface area contributed by atoms with Crippen molar-refractivity contribution in [3.8, 4) is 5.75 Å². The zero-order chi connectivity index (χ0) is 17.4. The Bertz CT molecular complexity index is 962. The van der Waals surface area contributed by atoms with Gasteiger partial charge in [0.2, 0.25) is 0 Å². The number of likely N-dealkylation sites (tertiary alicyclic amines) is 1. The lowest BCUT2D eigenvalue weighted by Crippen LogP contribution is -2.20. The summed E-state index contributed by atoms with van der Waals surface area (Å²) >= 11 is 0. The van der Waals surface area contributed by atoms with Crippen LogP contribution >= 0.6 is 0 Å². The zero-order valence-corrected chi connectivity index (χ0v) is 14.2. The molecule has 25 heavy (non-hydrogen) atoms. The average molecular weight is 335 g/mol. The van der Waals surface area contributed by atoms with E-state index in [1.165, 1.54) is 11.6 Å². The summed E-state index contributed by atoms with van der Waals surface area (Å²) in [5.74, 6) is 0.691. The molecule has 1 aliphatic heterocycles. The highest BCUT2D eigenvalue weighted by Crippen LogP contribution is 2.33. The molecule has 0 amide bonds. The van der Waals surface area contributed by atoms with Gasteiger partial charge in [0.15, 0.2) is 0 Å². The van der Waals surface area contributed by atoms with Crippen molar-refractivity contribution in [2.24, 2.45) is 0 Å². The number of hydrogen-bond acceptors (Lipinski definition) is 4. The van der Waals surface area contributed by atoms with Crippen LogP contribution in [0.25, 0.3) is 11.0 Å². The Morgan fingerprint density at radius 1 is 1.20 bits per heavy atom. The molecule has 128 valence electrons. The molecule has 1 aromatic heterocycles. The predicted octanol–water partition coefficient (Wildman–Crippen LogP) is 3.80. The smallest absolute Gasteiger partial charge is 0.336 e. The van der Waals surface area contributed by atoms with Crippen LogP contribution in [0, 0.1) is 6.92 Å². The summed E-state index contributed by atoms with van der Waals surface area (Å²) in [7, 11) is 0. The Hall–Kier alpha value is -2.59. The molecule has 3 aromatic rings. The summed E-state index contributed by atoms with van der Waals surface area (Å²) < 4.78 is 5.43. The van der Waals surface area contributed by atoms with Gasteiger partial charge in [-0.1, -0.05) is 30.3 Å². The van der Waals surface area contributed by atoms with Gasteiger partial charge in [-0.05, 0) is 49.1 Å². The summed E-state index contributed by atoms with van der Waals surface area (Å²) in [4.78, 5) is 14.1. The predicted molar refractivity (Wildman–Crippen MR) is 98.0 cm³/mol. The summed E-state index contributed by atoms with van der Waals surface area (Å²) in [5.41, 5.74) is 3.06. The maximum absolute atomic E-state index is 11.8. The van der Waals surface area contributed by atoms with E-state index in [0.29, 0.717) is 23.6 Å². The highest BCUT2D eigenvalue weighted by molar-refractivity contribution is 5.84. The van der Waals surface area contributed by atoms with E-state index in [-0.39, 0.29) is 11.4 Å². The van der Waals surface area contributed by atoms with Gasteiger partial charge < -0.3 is 9.52 Å². The van der Waals surface area contributed by atoms with E-state index < -0.39 is 0 Å². The van der Waals surface area contributed by atoms with Gasteiger partial charge >= 0.3 is 5.63 Å². The Balaban J connectivity index is 1.63. The molecule has 4 rings (SSSR count). The van der Waals surface area contributed by atoms with E-state index in [1.54, 1.807) is 6.07 Å². The van der Waals surface area contributed by atoms with Crippen LogP contribution in [0.4, 0.5) is 0 Å². The van der Waals surface area contributed by atoms with Gasteiger partial charge in [-0.2, -0.15) is 0 Å². The van der Waals surface area contributed by atoms with Crippen LogP contribution < -0.4 is 5.63 Å². The molecule has 1 fully saturated rings. The number of nitrogens with zero attached hydrogens (tertiary/aromatic N) is 1. The molecule has 0 bridgehead atoms. The average Bonchev–Trinajstić information content (AvgIpc) is 3.07. The Labute approximate surface area is 146 Å². The molecule has 0 saturated carbocycles. The van der Waals surface area contributed by atoms with Crippen LogP contribution in [0.2, 0.25) is 0 Å². The lowest BCUT2D eigenvalue weighted by atomic mass is 9.99. The van der Waals surface area contributed by atoms with E-state index in [4.69, 9.17) is 4.42 Å². The van der Waals surface area contributed by atoms with E-state index in [9.17, 15) is 9.90 Å². The maximum Gasteiger partial charge on any atom is 0.336 e. The van der Waals surface area contributed by atoms with Crippen molar-refractivity contribution in [1.82, 2.24) is 4.90 Å². The molecule has 4 nitrogen and oxygen atoms in total. The number of phenolic OH excluding ortho intramolecular Hbond substituents is 1. The fourth-order valence-electron chi connectivity index (χ4n) is 3.78. The Morgan fingerprint density at radius 3 is 2.80 bits per heavy atom. The van der Waals surface area contributed by atoms with E-state index >= 15 is 0 Å².